The zero-order chi connectivity index (χ0) is 20.0. The Morgan fingerprint density at radius 3 is 2.56 bits per heavy atom. The number of hydrogen-bond acceptors (Lipinski definition) is 8. The Morgan fingerprint density at radius 2 is 1.96 bits per heavy atom. The molecule has 0 aliphatic rings. The van der Waals surface area contributed by atoms with Gasteiger partial charge in [0.05, 0.1) is 39.4 Å². The molecule has 10 nitrogen and oxygen atoms in total. The van der Waals surface area contributed by atoms with Crippen LogP contribution < -0.4 is 14.9 Å². The van der Waals surface area contributed by atoms with Crippen LogP contribution in [0.4, 0.5) is 17.1 Å². The van der Waals surface area contributed by atoms with Crippen LogP contribution in [0, 0.1) is 23.8 Å². The first-order valence-corrected chi connectivity index (χ1v) is 8.67. The number of hydrazone groups is 1. The maximum Gasteiger partial charge on any atom is 0.301 e. The lowest BCUT2D eigenvalue weighted by molar-refractivity contribution is -0.393. The summed E-state index contributed by atoms with van der Waals surface area (Å²) >= 11 is 2.11. The predicted molar refractivity (Wildman–Crippen MR) is 108 cm³/mol. The summed E-state index contributed by atoms with van der Waals surface area (Å²) in [4.78, 5) is 20.5. The van der Waals surface area contributed by atoms with E-state index in [1.165, 1.54) is 19.4 Å². The molecule has 2 aromatic carbocycles. The van der Waals surface area contributed by atoms with Crippen LogP contribution in [0.25, 0.3) is 0 Å². The second-order valence-corrected chi connectivity index (χ2v) is 6.21. The summed E-state index contributed by atoms with van der Waals surface area (Å²) in [5.41, 5.74) is 2.43. The lowest BCUT2D eigenvalue weighted by Gasteiger charge is -2.12. The van der Waals surface area contributed by atoms with E-state index < -0.39 is 15.5 Å². The number of nitrogens with one attached hydrogen (secondary N) is 1. The van der Waals surface area contributed by atoms with Crippen LogP contribution in [0.15, 0.2) is 35.4 Å². The number of ether oxygens (including phenoxy) is 2. The van der Waals surface area contributed by atoms with Gasteiger partial charge in [-0.05, 0) is 53.3 Å². The minimum Gasteiger partial charge on any atom is -0.493 e. The van der Waals surface area contributed by atoms with E-state index in [0.29, 0.717) is 23.7 Å². The molecule has 0 heterocycles. The topological polar surface area (TPSA) is 129 Å². The fraction of sp³-hybridized carbons (Fsp3) is 0.188. The molecule has 142 valence electrons. The number of non-ortho nitro benzene ring substituents is 1. The number of rotatable bonds is 8. The summed E-state index contributed by atoms with van der Waals surface area (Å²) in [6, 6.07) is 6.79. The van der Waals surface area contributed by atoms with Crippen LogP contribution in [-0.2, 0) is 0 Å². The van der Waals surface area contributed by atoms with Gasteiger partial charge in [-0.25, -0.2) is 0 Å². The van der Waals surface area contributed by atoms with Crippen molar-refractivity contribution < 1.29 is 19.3 Å². The highest BCUT2D eigenvalue weighted by Crippen LogP contribution is 2.33. The van der Waals surface area contributed by atoms with E-state index in [9.17, 15) is 20.2 Å². The number of benzene rings is 2. The molecule has 0 spiro atoms. The number of nitro benzene ring substituents is 2. The molecular weight excluding hydrogens is 471 g/mol. The van der Waals surface area contributed by atoms with Crippen molar-refractivity contribution in [3.05, 3.63) is 59.7 Å². The van der Waals surface area contributed by atoms with E-state index >= 15 is 0 Å². The van der Waals surface area contributed by atoms with Crippen LogP contribution in [-0.4, -0.2) is 29.8 Å². The van der Waals surface area contributed by atoms with Crippen molar-refractivity contribution in [2.75, 3.05) is 19.1 Å². The molecule has 11 heteroatoms. The first kappa shape index (κ1) is 20.4. The summed E-state index contributed by atoms with van der Waals surface area (Å²) < 4.78 is 11.7. The number of hydrogen-bond donors (Lipinski definition) is 1. The summed E-state index contributed by atoms with van der Waals surface area (Å²) in [5, 5.41) is 25.9. The van der Waals surface area contributed by atoms with E-state index in [-0.39, 0.29) is 11.4 Å². The zero-order valence-corrected chi connectivity index (χ0v) is 16.5. The van der Waals surface area contributed by atoms with Crippen LogP contribution in [0.1, 0.15) is 12.5 Å². The molecule has 0 atom stereocenters. The molecule has 0 bridgehead atoms. The summed E-state index contributed by atoms with van der Waals surface area (Å²) in [6.07, 6.45) is 1.45. The molecule has 0 aromatic heterocycles. The Balaban J connectivity index is 2.26. The van der Waals surface area contributed by atoms with Crippen molar-refractivity contribution in [3.8, 4) is 11.5 Å². The van der Waals surface area contributed by atoms with Gasteiger partial charge in [-0.15, -0.1) is 0 Å². The summed E-state index contributed by atoms with van der Waals surface area (Å²) in [6.45, 7) is 2.36. The van der Waals surface area contributed by atoms with Crippen molar-refractivity contribution in [2.45, 2.75) is 6.92 Å². The molecule has 1 N–H and O–H groups in total. The van der Waals surface area contributed by atoms with Gasteiger partial charge < -0.3 is 9.47 Å². The maximum atomic E-state index is 11.1. The molecule has 0 saturated carbocycles. The van der Waals surface area contributed by atoms with Gasteiger partial charge in [-0.1, -0.05) is 0 Å². The summed E-state index contributed by atoms with van der Waals surface area (Å²) in [7, 11) is 1.52. The van der Waals surface area contributed by atoms with E-state index in [1.807, 2.05) is 13.0 Å². The number of anilines is 1. The number of nitro groups is 2. The Kier molecular flexibility index (Phi) is 6.87. The van der Waals surface area contributed by atoms with E-state index in [0.717, 1.165) is 15.7 Å². The highest BCUT2D eigenvalue weighted by molar-refractivity contribution is 14.1. The van der Waals surface area contributed by atoms with Gasteiger partial charge in [0.15, 0.2) is 11.5 Å². The fourth-order valence-corrected chi connectivity index (χ4v) is 2.94. The van der Waals surface area contributed by atoms with Crippen LogP contribution >= 0.6 is 22.6 Å². The molecule has 0 amide bonds. The smallest absolute Gasteiger partial charge is 0.301 e. The Labute approximate surface area is 167 Å². The molecular formula is C16H15IN4O6. The van der Waals surface area contributed by atoms with Crippen LogP contribution in [0.5, 0.6) is 11.5 Å². The minimum atomic E-state index is -0.715. The average Bonchev–Trinajstić information content (AvgIpc) is 2.63. The monoisotopic (exact) mass is 486 g/mol. The maximum absolute atomic E-state index is 11.1. The van der Waals surface area contributed by atoms with Gasteiger partial charge in [0, 0.05) is 6.07 Å². The molecule has 27 heavy (non-hydrogen) atoms. The van der Waals surface area contributed by atoms with E-state index in [4.69, 9.17) is 9.47 Å². The second-order valence-electron chi connectivity index (χ2n) is 5.05. The van der Waals surface area contributed by atoms with Gasteiger partial charge >= 0.3 is 5.69 Å². The first-order chi connectivity index (χ1) is 12.9. The highest BCUT2D eigenvalue weighted by Gasteiger charge is 2.19. The standard InChI is InChI=1S/C16H15IN4O6/c1-3-27-16-12(17)6-10(7-15(16)26-2)9-18-19-13-5-4-11(20(22)23)8-14(13)21(24)25/h4-9,19H,3H2,1-2H3/b18-9-. The first-order valence-electron chi connectivity index (χ1n) is 7.59. The molecule has 0 fully saturated rings. The van der Waals surface area contributed by atoms with Gasteiger partial charge in [-0.2, -0.15) is 5.10 Å². The van der Waals surface area contributed by atoms with Crippen molar-refractivity contribution >= 4 is 45.9 Å². The lowest BCUT2D eigenvalue weighted by atomic mass is 10.2. The second kappa shape index (κ2) is 9.12. The third kappa shape index (κ3) is 5.03. The molecule has 2 rings (SSSR count). The van der Waals surface area contributed by atoms with Crippen molar-refractivity contribution in [1.29, 1.82) is 0 Å². The van der Waals surface area contributed by atoms with Crippen molar-refractivity contribution in [1.82, 2.24) is 0 Å². The molecule has 0 saturated heterocycles. The zero-order valence-electron chi connectivity index (χ0n) is 14.3. The third-order valence-corrected chi connectivity index (χ3v) is 4.13. The quantitative estimate of drug-likeness (QED) is 0.259. The largest absolute Gasteiger partial charge is 0.493 e. The number of halogens is 1. The molecule has 0 aliphatic heterocycles. The lowest BCUT2D eigenvalue weighted by Crippen LogP contribution is -2.00. The highest BCUT2D eigenvalue weighted by atomic mass is 127. The number of methoxy groups -OCH3 is 1. The summed E-state index contributed by atoms with van der Waals surface area (Å²) in [5.74, 6) is 1.16. The molecule has 0 aliphatic carbocycles. The molecule has 0 radical (unpaired) electrons. The Bertz CT molecular complexity index is 903. The Hall–Kier alpha value is -2.96. The number of nitrogens with zero attached hydrogens (tertiary/aromatic N) is 3. The van der Waals surface area contributed by atoms with Crippen LogP contribution in [0.3, 0.4) is 0 Å². The van der Waals surface area contributed by atoms with Crippen molar-refractivity contribution in [2.24, 2.45) is 5.10 Å². The fourth-order valence-electron chi connectivity index (χ4n) is 2.15. The molecule has 0 unspecified atom stereocenters. The van der Waals surface area contributed by atoms with Gasteiger partial charge in [0.25, 0.3) is 5.69 Å². The van der Waals surface area contributed by atoms with Gasteiger partial charge in [0.2, 0.25) is 0 Å². The van der Waals surface area contributed by atoms with E-state index in [1.54, 1.807) is 6.07 Å². The SMILES string of the molecule is CCOc1c(I)cc(/C=N\Nc2ccc([N+](=O)[O-])cc2[N+](=O)[O-])cc1OC. The minimum absolute atomic E-state index is 0.0365. The average molecular weight is 486 g/mol. The van der Waals surface area contributed by atoms with Gasteiger partial charge in [-0.3, -0.25) is 25.7 Å². The van der Waals surface area contributed by atoms with Crippen LogP contribution in [0.2, 0.25) is 0 Å². The normalized spacial score (nSPS) is 10.6. The van der Waals surface area contributed by atoms with Gasteiger partial charge in [0.1, 0.15) is 5.69 Å². The third-order valence-electron chi connectivity index (χ3n) is 3.33. The van der Waals surface area contributed by atoms with Crippen molar-refractivity contribution in [3.63, 3.8) is 0 Å². The van der Waals surface area contributed by atoms with E-state index in [2.05, 4.69) is 33.1 Å². The predicted octanol–water partition coefficient (Wildman–Crippen LogP) is 3.96. The molecule has 2 aromatic rings. The Morgan fingerprint density at radius 1 is 1.22 bits per heavy atom.